The van der Waals surface area contributed by atoms with Crippen LogP contribution in [-0.4, -0.2) is 18.3 Å². The highest BCUT2D eigenvalue weighted by molar-refractivity contribution is 8.11. The van der Waals surface area contributed by atoms with Gasteiger partial charge in [-0.15, -0.1) is 0 Å². The van der Waals surface area contributed by atoms with Crippen LogP contribution in [0.3, 0.4) is 0 Å². The van der Waals surface area contributed by atoms with Gasteiger partial charge in [-0.3, -0.25) is 9.52 Å². The van der Waals surface area contributed by atoms with Crippen LogP contribution in [-0.2, 0) is 0 Å². The summed E-state index contributed by atoms with van der Waals surface area (Å²) in [6.45, 7) is 5.13. The van der Waals surface area contributed by atoms with Gasteiger partial charge in [-0.25, -0.2) is 5.32 Å². The Morgan fingerprint density at radius 3 is 2.78 bits per heavy atom. The maximum absolute atomic E-state index is 10.5. The molecule has 3 nitrogen and oxygen atoms in total. The molecule has 9 heavy (non-hydrogen) atoms. The molecule has 4 heteroatoms. The lowest BCUT2D eigenvalue weighted by Crippen LogP contribution is -2.14. The van der Waals surface area contributed by atoms with Crippen LogP contribution in [0.5, 0.6) is 0 Å². The van der Waals surface area contributed by atoms with Crippen molar-refractivity contribution in [3.63, 3.8) is 0 Å². The van der Waals surface area contributed by atoms with Crippen molar-refractivity contribution in [3.8, 4) is 0 Å². The third-order valence-electron chi connectivity index (χ3n) is 0.591. The van der Waals surface area contributed by atoms with Crippen molar-refractivity contribution >= 4 is 17.2 Å². The minimum absolute atomic E-state index is 0.139. The summed E-state index contributed by atoms with van der Waals surface area (Å²) in [7, 11) is 0. The van der Waals surface area contributed by atoms with Crippen molar-refractivity contribution in [3.05, 3.63) is 0 Å². The van der Waals surface area contributed by atoms with E-state index >= 15 is 0 Å². The van der Waals surface area contributed by atoms with Crippen molar-refractivity contribution in [1.82, 2.24) is 10.0 Å². The Hall–Kier alpha value is -0.220. The number of nitrogens with one attached hydrogen (secondary N) is 1. The summed E-state index contributed by atoms with van der Waals surface area (Å²) in [5.74, 6) is 0. The molecule has 0 atom stereocenters. The van der Waals surface area contributed by atoms with Crippen LogP contribution in [0.25, 0.3) is 0 Å². The molecule has 1 N–H and O–H groups in total. The average Bonchev–Trinajstić information content (AvgIpc) is 1.85. The van der Waals surface area contributed by atoms with E-state index in [4.69, 9.17) is 0 Å². The Labute approximate surface area is 59.7 Å². The standard InChI is InChI=1S/C5H11N2OS/c1-3-6-5(8)9-7-4-2/h7H,3-4H2,1-2H3. The molecule has 0 fully saturated rings. The molecule has 0 heterocycles. The van der Waals surface area contributed by atoms with Gasteiger partial charge in [0, 0.05) is 25.0 Å². The minimum atomic E-state index is -0.139. The van der Waals surface area contributed by atoms with E-state index in [0.29, 0.717) is 6.54 Å². The van der Waals surface area contributed by atoms with Crippen molar-refractivity contribution in [2.24, 2.45) is 0 Å². The zero-order valence-corrected chi connectivity index (χ0v) is 6.49. The monoisotopic (exact) mass is 147 g/mol. The second-order valence-corrected chi connectivity index (χ2v) is 2.18. The fourth-order valence-electron chi connectivity index (χ4n) is 0.295. The molecule has 0 aliphatic heterocycles. The number of amides is 1. The Bertz CT molecular complexity index is 87.0. The largest absolute Gasteiger partial charge is 0.315 e. The van der Waals surface area contributed by atoms with Crippen molar-refractivity contribution < 1.29 is 4.79 Å². The first kappa shape index (κ1) is 8.78. The van der Waals surface area contributed by atoms with Gasteiger partial charge in [-0.1, -0.05) is 6.92 Å². The van der Waals surface area contributed by atoms with Gasteiger partial charge in [-0.2, -0.15) is 0 Å². The van der Waals surface area contributed by atoms with Crippen LogP contribution in [0.1, 0.15) is 13.8 Å². The average molecular weight is 147 g/mol. The molecule has 1 radical (unpaired) electrons. The lowest BCUT2D eigenvalue weighted by atomic mass is 10.8. The Balaban J connectivity index is 3.06. The highest BCUT2D eigenvalue weighted by atomic mass is 32.2. The van der Waals surface area contributed by atoms with E-state index in [0.717, 1.165) is 18.5 Å². The van der Waals surface area contributed by atoms with Gasteiger partial charge in [0.25, 0.3) is 0 Å². The third-order valence-corrected chi connectivity index (χ3v) is 1.33. The summed E-state index contributed by atoms with van der Waals surface area (Å²) in [5.41, 5.74) is 0. The van der Waals surface area contributed by atoms with Gasteiger partial charge < -0.3 is 0 Å². The summed E-state index contributed by atoms with van der Waals surface area (Å²) < 4.78 is 2.81. The van der Waals surface area contributed by atoms with E-state index < -0.39 is 0 Å². The molecule has 0 saturated carbocycles. The minimum Gasteiger partial charge on any atom is -0.258 e. The van der Waals surface area contributed by atoms with E-state index in [9.17, 15) is 4.79 Å². The van der Waals surface area contributed by atoms with Crippen LogP contribution in [0.4, 0.5) is 4.79 Å². The Morgan fingerprint density at radius 2 is 2.33 bits per heavy atom. The lowest BCUT2D eigenvalue weighted by molar-refractivity contribution is 0.260. The summed E-state index contributed by atoms with van der Waals surface area (Å²) >= 11 is 1.05. The van der Waals surface area contributed by atoms with Gasteiger partial charge in [0.15, 0.2) is 0 Å². The van der Waals surface area contributed by atoms with Gasteiger partial charge in [0.1, 0.15) is 0 Å². The molecule has 0 aliphatic rings. The maximum Gasteiger partial charge on any atom is 0.315 e. The molecular weight excluding hydrogens is 136 g/mol. The Morgan fingerprint density at radius 1 is 1.67 bits per heavy atom. The molecule has 0 rings (SSSR count). The highest BCUT2D eigenvalue weighted by Crippen LogP contribution is 1.93. The third kappa shape index (κ3) is 5.65. The smallest absolute Gasteiger partial charge is 0.258 e. The summed E-state index contributed by atoms with van der Waals surface area (Å²) in [4.78, 5) is 10.5. The fraction of sp³-hybridized carbons (Fsp3) is 0.800. The van der Waals surface area contributed by atoms with Crippen molar-refractivity contribution in [1.29, 1.82) is 0 Å². The number of hydrogen-bond donors (Lipinski definition) is 1. The first-order valence-corrected chi connectivity index (χ1v) is 3.74. The maximum atomic E-state index is 10.5. The number of carbonyl (C=O) groups is 1. The lowest BCUT2D eigenvalue weighted by Gasteiger charge is -1.96. The SMILES string of the molecule is CC[N]C(=O)SNCC. The molecule has 0 unspecified atom stereocenters. The predicted octanol–water partition coefficient (Wildman–Crippen LogP) is 0.988. The van der Waals surface area contributed by atoms with E-state index in [1.54, 1.807) is 0 Å². The number of carbonyl (C=O) groups excluding carboxylic acids is 1. The fourth-order valence-corrected chi connectivity index (χ4v) is 0.757. The van der Waals surface area contributed by atoms with Crippen molar-refractivity contribution in [2.45, 2.75) is 13.8 Å². The molecule has 0 aromatic carbocycles. The number of hydrogen-bond acceptors (Lipinski definition) is 3. The summed E-state index contributed by atoms with van der Waals surface area (Å²) in [5, 5.41) is 3.48. The quantitative estimate of drug-likeness (QED) is 0.605. The zero-order chi connectivity index (χ0) is 7.11. The topological polar surface area (TPSA) is 43.2 Å². The molecular formula is C5H11N2OS. The van der Waals surface area contributed by atoms with Crippen LogP contribution >= 0.6 is 11.9 Å². The van der Waals surface area contributed by atoms with Crippen LogP contribution in [0.2, 0.25) is 0 Å². The van der Waals surface area contributed by atoms with E-state index in [1.165, 1.54) is 0 Å². The van der Waals surface area contributed by atoms with E-state index in [1.807, 2.05) is 13.8 Å². The van der Waals surface area contributed by atoms with Gasteiger partial charge in [0.2, 0.25) is 0 Å². The molecule has 53 valence electrons. The van der Waals surface area contributed by atoms with Crippen molar-refractivity contribution in [2.75, 3.05) is 13.1 Å². The highest BCUT2D eigenvalue weighted by Gasteiger charge is 1.97. The molecule has 0 spiro atoms. The molecule has 0 bridgehead atoms. The van der Waals surface area contributed by atoms with Gasteiger partial charge >= 0.3 is 5.24 Å². The molecule has 0 aromatic rings. The first-order valence-electron chi connectivity index (χ1n) is 2.92. The normalized spacial score (nSPS) is 9.11. The number of rotatable bonds is 3. The summed E-state index contributed by atoms with van der Waals surface area (Å²) in [6, 6.07) is 0. The molecule has 1 amide bonds. The summed E-state index contributed by atoms with van der Waals surface area (Å²) in [6.07, 6.45) is 0. The number of nitrogens with zero attached hydrogens (tertiary/aromatic N) is 1. The predicted molar refractivity (Wildman–Crippen MR) is 39.3 cm³/mol. The van der Waals surface area contributed by atoms with E-state index in [2.05, 4.69) is 10.0 Å². The van der Waals surface area contributed by atoms with E-state index in [-0.39, 0.29) is 5.24 Å². The second kappa shape index (κ2) is 5.91. The van der Waals surface area contributed by atoms with Crippen LogP contribution < -0.4 is 10.0 Å². The Kier molecular flexibility index (Phi) is 5.76. The van der Waals surface area contributed by atoms with Gasteiger partial charge in [0.05, 0.1) is 0 Å². The molecule has 0 aliphatic carbocycles. The second-order valence-electron chi connectivity index (χ2n) is 1.34. The zero-order valence-electron chi connectivity index (χ0n) is 5.68. The van der Waals surface area contributed by atoms with Crippen LogP contribution in [0, 0.1) is 0 Å². The first-order chi connectivity index (χ1) is 4.31. The molecule has 0 aromatic heterocycles. The van der Waals surface area contributed by atoms with Crippen LogP contribution in [0.15, 0.2) is 0 Å². The van der Waals surface area contributed by atoms with Gasteiger partial charge in [-0.05, 0) is 6.92 Å². The molecule has 0 saturated heterocycles.